The molecule has 2 aromatic heterocycles. The van der Waals surface area contributed by atoms with E-state index in [-0.39, 0.29) is 11.7 Å². The van der Waals surface area contributed by atoms with E-state index >= 15 is 0 Å². The number of carbonyl (C=O) groups is 2. The molecule has 0 radical (unpaired) electrons. The fourth-order valence-electron chi connectivity index (χ4n) is 4.44. The van der Waals surface area contributed by atoms with Crippen molar-refractivity contribution in [1.82, 2.24) is 14.8 Å². The number of hydrogen-bond donors (Lipinski definition) is 1. The van der Waals surface area contributed by atoms with Crippen LogP contribution in [-0.2, 0) is 28.9 Å². The summed E-state index contributed by atoms with van der Waals surface area (Å²) in [6.45, 7) is 8.13. The lowest BCUT2D eigenvalue weighted by Crippen LogP contribution is -2.17. The van der Waals surface area contributed by atoms with Gasteiger partial charge in [-0.2, -0.15) is 0 Å². The second-order valence-corrected chi connectivity index (χ2v) is 11.5. The molecule has 3 aromatic rings. The number of methoxy groups -OCH3 is 1. The Hall–Kier alpha value is -2.82. The van der Waals surface area contributed by atoms with Gasteiger partial charge in [-0.25, -0.2) is 4.79 Å². The van der Waals surface area contributed by atoms with Crippen LogP contribution in [0.15, 0.2) is 36.0 Å². The van der Waals surface area contributed by atoms with Gasteiger partial charge in [0.2, 0.25) is 5.91 Å². The highest BCUT2D eigenvalue weighted by Crippen LogP contribution is 2.38. The number of halogens is 1. The Morgan fingerprint density at radius 1 is 1.29 bits per heavy atom. The van der Waals surface area contributed by atoms with Gasteiger partial charge in [0.25, 0.3) is 0 Å². The number of carbonyl (C=O) groups excluding carboxylic acids is 2. The first kappa shape index (κ1) is 28.2. The van der Waals surface area contributed by atoms with Crippen LogP contribution >= 0.6 is 34.7 Å². The molecule has 1 atom stereocenters. The molecule has 0 saturated heterocycles. The molecule has 1 unspecified atom stereocenters. The number of anilines is 1. The van der Waals surface area contributed by atoms with E-state index in [0.717, 1.165) is 48.1 Å². The van der Waals surface area contributed by atoms with Crippen LogP contribution in [0, 0.1) is 6.92 Å². The zero-order chi connectivity index (χ0) is 27.2. The molecule has 8 nitrogen and oxygen atoms in total. The van der Waals surface area contributed by atoms with Crippen LogP contribution in [0.4, 0.5) is 5.00 Å². The number of ether oxygens (including phenoxy) is 2. The third kappa shape index (κ3) is 6.42. The van der Waals surface area contributed by atoms with Crippen molar-refractivity contribution in [3.63, 3.8) is 0 Å². The van der Waals surface area contributed by atoms with Crippen LogP contribution in [0.2, 0.25) is 5.02 Å². The van der Waals surface area contributed by atoms with E-state index in [2.05, 4.69) is 22.1 Å². The van der Waals surface area contributed by atoms with Gasteiger partial charge >= 0.3 is 5.97 Å². The molecule has 1 aliphatic rings. The quantitative estimate of drug-likeness (QED) is 0.129. The first-order valence-corrected chi connectivity index (χ1v) is 14.6. The van der Waals surface area contributed by atoms with Gasteiger partial charge in [0.15, 0.2) is 17.1 Å². The van der Waals surface area contributed by atoms with Gasteiger partial charge in [0.05, 0.1) is 18.4 Å². The Morgan fingerprint density at radius 2 is 2.08 bits per heavy atom. The molecule has 1 aromatic carbocycles. The van der Waals surface area contributed by atoms with E-state index in [4.69, 9.17) is 21.1 Å². The SMILES string of the molecule is C=CCn1c(SCC(=O)Nc2sc3c(c2C(=O)OC)CCCCC3)nnc1C(C)Oc1ccc(Cl)cc1C. The van der Waals surface area contributed by atoms with Crippen LogP contribution in [0.1, 0.15) is 64.5 Å². The number of benzene rings is 1. The number of nitrogens with one attached hydrogen (secondary N) is 1. The summed E-state index contributed by atoms with van der Waals surface area (Å²) < 4.78 is 13.1. The maximum absolute atomic E-state index is 13.0. The van der Waals surface area contributed by atoms with E-state index in [1.54, 1.807) is 12.1 Å². The van der Waals surface area contributed by atoms with Gasteiger partial charge in [-0.1, -0.05) is 35.9 Å². The van der Waals surface area contributed by atoms with Crippen molar-refractivity contribution < 1.29 is 19.1 Å². The molecule has 0 fully saturated rings. The van der Waals surface area contributed by atoms with Gasteiger partial charge in [0.1, 0.15) is 10.8 Å². The molecular weight excluding hydrogens is 544 g/mol. The summed E-state index contributed by atoms with van der Waals surface area (Å²) in [5.41, 5.74) is 2.43. The summed E-state index contributed by atoms with van der Waals surface area (Å²) >= 11 is 8.81. The van der Waals surface area contributed by atoms with E-state index < -0.39 is 12.1 Å². The molecular formula is C27H31ClN4O4S2. The summed E-state index contributed by atoms with van der Waals surface area (Å²) in [6.07, 6.45) is 6.34. The van der Waals surface area contributed by atoms with Gasteiger partial charge < -0.3 is 14.8 Å². The first-order valence-electron chi connectivity index (χ1n) is 12.4. The van der Waals surface area contributed by atoms with Crippen molar-refractivity contribution in [3.8, 4) is 5.75 Å². The number of allylic oxidation sites excluding steroid dienone is 1. The van der Waals surface area contributed by atoms with Crippen LogP contribution in [-0.4, -0.2) is 39.5 Å². The number of aryl methyl sites for hydroxylation is 2. The third-order valence-corrected chi connectivity index (χ3v) is 8.67. The molecule has 1 N–H and O–H groups in total. The highest BCUT2D eigenvalue weighted by molar-refractivity contribution is 7.99. The molecule has 2 heterocycles. The Kier molecular flexibility index (Phi) is 9.51. The zero-order valence-corrected chi connectivity index (χ0v) is 24.1. The van der Waals surface area contributed by atoms with E-state index in [1.165, 1.54) is 30.2 Å². The maximum Gasteiger partial charge on any atom is 0.341 e. The monoisotopic (exact) mass is 574 g/mol. The molecule has 1 aliphatic carbocycles. The Labute approximate surface area is 235 Å². The summed E-state index contributed by atoms with van der Waals surface area (Å²) in [7, 11) is 1.37. The number of nitrogens with zero attached hydrogens (tertiary/aromatic N) is 3. The molecule has 0 saturated carbocycles. The number of thioether (sulfide) groups is 1. The molecule has 38 heavy (non-hydrogen) atoms. The zero-order valence-electron chi connectivity index (χ0n) is 21.7. The first-order chi connectivity index (χ1) is 18.3. The molecule has 4 rings (SSSR count). The van der Waals surface area contributed by atoms with Gasteiger partial charge in [-0.15, -0.1) is 28.1 Å². The lowest BCUT2D eigenvalue weighted by Gasteiger charge is -2.17. The van der Waals surface area contributed by atoms with Crippen molar-refractivity contribution in [2.45, 2.75) is 63.8 Å². The number of amides is 1. The number of esters is 1. The standard InChI is InChI=1S/C27H31ClN4O4S2/c1-5-13-32-24(17(3)36-20-12-11-18(28)14-16(20)2)30-31-27(32)37-15-22(33)29-25-23(26(34)35-4)19-9-7-6-8-10-21(19)38-25/h5,11-12,14,17H,1,6-10,13,15H2,2-4H3,(H,29,33). The van der Waals surface area contributed by atoms with E-state index in [0.29, 0.717) is 38.9 Å². The fraction of sp³-hybridized carbons (Fsp3) is 0.407. The number of hydrogen-bond acceptors (Lipinski definition) is 8. The number of aromatic nitrogens is 3. The normalized spacial score (nSPS) is 13.8. The predicted octanol–water partition coefficient (Wildman–Crippen LogP) is 6.41. The smallest absolute Gasteiger partial charge is 0.341 e. The van der Waals surface area contributed by atoms with Crippen molar-refractivity contribution >= 4 is 51.6 Å². The van der Waals surface area contributed by atoms with Crippen molar-refractivity contribution in [1.29, 1.82) is 0 Å². The van der Waals surface area contributed by atoms with Gasteiger partial charge in [-0.3, -0.25) is 9.36 Å². The Bertz CT molecular complexity index is 1340. The molecule has 0 aliphatic heterocycles. The fourth-order valence-corrected chi connectivity index (χ4v) is 6.71. The van der Waals surface area contributed by atoms with Crippen molar-refractivity contribution in [2.24, 2.45) is 0 Å². The minimum atomic E-state index is -0.410. The van der Waals surface area contributed by atoms with Crippen molar-refractivity contribution in [3.05, 3.63) is 63.3 Å². The number of thiophene rings is 1. The lowest BCUT2D eigenvalue weighted by molar-refractivity contribution is -0.113. The minimum Gasteiger partial charge on any atom is -0.482 e. The number of rotatable bonds is 10. The highest BCUT2D eigenvalue weighted by atomic mass is 35.5. The highest BCUT2D eigenvalue weighted by Gasteiger charge is 2.27. The summed E-state index contributed by atoms with van der Waals surface area (Å²) in [6, 6.07) is 5.45. The third-order valence-electron chi connectivity index (χ3n) is 6.26. The largest absolute Gasteiger partial charge is 0.482 e. The Morgan fingerprint density at radius 3 is 2.82 bits per heavy atom. The molecule has 11 heteroatoms. The van der Waals surface area contributed by atoms with Crippen LogP contribution in [0.5, 0.6) is 5.75 Å². The molecule has 1 amide bonds. The van der Waals surface area contributed by atoms with Crippen LogP contribution < -0.4 is 10.1 Å². The van der Waals surface area contributed by atoms with Crippen LogP contribution in [0.3, 0.4) is 0 Å². The number of fused-ring (bicyclic) bond motifs is 1. The van der Waals surface area contributed by atoms with E-state index in [1.807, 2.05) is 30.5 Å². The van der Waals surface area contributed by atoms with Crippen molar-refractivity contribution in [2.75, 3.05) is 18.2 Å². The molecule has 0 spiro atoms. The van der Waals surface area contributed by atoms with Gasteiger partial charge in [0, 0.05) is 16.4 Å². The minimum absolute atomic E-state index is 0.101. The second-order valence-electron chi connectivity index (χ2n) is 9.01. The maximum atomic E-state index is 13.0. The lowest BCUT2D eigenvalue weighted by atomic mass is 10.1. The second kappa shape index (κ2) is 12.8. The topological polar surface area (TPSA) is 95.3 Å². The Balaban J connectivity index is 1.47. The average molecular weight is 575 g/mol. The summed E-state index contributed by atoms with van der Waals surface area (Å²) in [5.74, 6) is 0.792. The summed E-state index contributed by atoms with van der Waals surface area (Å²) in [5, 5.41) is 13.4. The predicted molar refractivity (Wildman–Crippen MR) is 152 cm³/mol. The van der Waals surface area contributed by atoms with E-state index in [9.17, 15) is 9.59 Å². The van der Waals surface area contributed by atoms with Gasteiger partial charge in [-0.05, 0) is 68.9 Å². The summed E-state index contributed by atoms with van der Waals surface area (Å²) in [4.78, 5) is 26.7. The molecule has 202 valence electrons. The average Bonchev–Trinajstić information content (AvgIpc) is 3.36. The molecule has 0 bridgehead atoms. The van der Waals surface area contributed by atoms with Crippen LogP contribution in [0.25, 0.3) is 0 Å².